The van der Waals surface area contributed by atoms with Crippen LogP contribution in [0.15, 0.2) is 21.5 Å². The van der Waals surface area contributed by atoms with E-state index in [1.54, 1.807) is 26.8 Å². The predicted octanol–water partition coefficient (Wildman–Crippen LogP) is 1.73. The molecule has 0 aliphatic carbocycles. The van der Waals surface area contributed by atoms with E-state index in [2.05, 4.69) is 26.0 Å². The van der Waals surface area contributed by atoms with Crippen molar-refractivity contribution in [3.05, 3.63) is 22.2 Å². The van der Waals surface area contributed by atoms with E-state index in [1.165, 1.54) is 13.0 Å². The molecule has 8 heteroatoms. The van der Waals surface area contributed by atoms with E-state index in [1.807, 2.05) is 0 Å². The summed E-state index contributed by atoms with van der Waals surface area (Å²) < 4.78 is 27.9. The molecule has 0 atom stereocenters. The van der Waals surface area contributed by atoms with Crippen molar-refractivity contribution in [2.75, 3.05) is 11.9 Å². The lowest BCUT2D eigenvalue weighted by Gasteiger charge is -2.24. The van der Waals surface area contributed by atoms with Crippen LogP contribution in [0, 0.1) is 6.92 Å². The third-order valence-corrected chi connectivity index (χ3v) is 5.28. The molecule has 21 heavy (non-hydrogen) atoms. The smallest absolute Gasteiger partial charge is 0.241 e. The van der Waals surface area contributed by atoms with E-state index in [9.17, 15) is 13.2 Å². The van der Waals surface area contributed by atoms with Crippen molar-refractivity contribution in [1.82, 2.24) is 4.72 Å². The maximum atomic E-state index is 12.4. The molecule has 0 spiro atoms. The van der Waals surface area contributed by atoms with Gasteiger partial charge in [-0.05, 0) is 54.4 Å². The maximum absolute atomic E-state index is 12.4. The Morgan fingerprint density at radius 1 is 1.38 bits per heavy atom. The fraction of sp³-hybridized carbons (Fsp3) is 0.462. The second kappa shape index (κ2) is 6.43. The molecule has 0 fully saturated rings. The Kier molecular flexibility index (Phi) is 5.54. The number of anilines is 1. The van der Waals surface area contributed by atoms with Crippen molar-refractivity contribution in [2.45, 2.75) is 38.1 Å². The number of sulfonamides is 1. The standard InChI is InChI=1S/C13H20BrN3O3S/c1-8-5-11(16-9(2)18)10(14)6-12(8)21(19,20)17-13(3,4)7-15/h5-6,17H,7,15H2,1-4H3,(H,16,18). The number of nitrogens with two attached hydrogens (primary N) is 1. The Morgan fingerprint density at radius 3 is 2.43 bits per heavy atom. The van der Waals surface area contributed by atoms with Gasteiger partial charge in [0.25, 0.3) is 0 Å². The summed E-state index contributed by atoms with van der Waals surface area (Å²) in [5, 5.41) is 2.63. The molecule has 1 aromatic carbocycles. The molecule has 0 aliphatic heterocycles. The fourth-order valence-electron chi connectivity index (χ4n) is 1.70. The number of halogens is 1. The van der Waals surface area contributed by atoms with Crippen molar-refractivity contribution in [3.63, 3.8) is 0 Å². The molecule has 1 aromatic rings. The average Bonchev–Trinajstić information content (AvgIpc) is 2.31. The van der Waals surface area contributed by atoms with Gasteiger partial charge in [0.2, 0.25) is 15.9 Å². The monoisotopic (exact) mass is 377 g/mol. The Balaban J connectivity index is 3.26. The van der Waals surface area contributed by atoms with Gasteiger partial charge in [-0.1, -0.05) is 0 Å². The number of hydrogen-bond donors (Lipinski definition) is 3. The van der Waals surface area contributed by atoms with Crippen LogP contribution < -0.4 is 15.8 Å². The Bertz CT molecular complexity index is 657. The second-order valence-electron chi connectivity index (χ2n) is 5.47. The lowest BCUT2D eigenvalue weighted by molar-refractivity contribution is -0.114. The molecule has 0 radical (unpaired) electrons. The van der Waals surface area contributed by atoms with Crippen molar-refractivity contribution < 1.29 is 13.2 Å². The SMILES string of the molecule is CC(=O)Nc1cc(C)c(S(=O)(=O)NC(C)(C)CN)cc1Br. The van der Waals surface area contributed by atoms with E-state index in [0.717, 1.165) is 0 Å². The van der Waals surface area contributed by atoms with E-state index in [-0.39, 0.29) is 17.3 Å². The van der Waals surface area contributed by atoms with Crippen LogP contribution in [0.3, 0.4) is 0 Å². The number of aryl methyl sites for hydroxylation is 1. The number of carbonyl (C=O) groups is 1. The van der Waals surface area contributed by atoms with Crippen molar-refractivity contribution in [2.24, 2.45) is 5.73 Å². The molecular formula is C13H20BrN3O3S. The zero-order valence-corrected chi connectivity index (χ0v) is 14.9. The molecule has 0 saturated carbocycles. The topological polar surface area (TPSA) is 101 Å². The minimum Gasteiger partial charge on any atom is -0.329 e. The molecule has 6 nitrogen and oxygen atoms in total. The number of rotatable bonds is 5. The largest absolute Gasteiger partial charge is 0.329 e. The first-order valence-corrected chi connectivity index (χ1v) is 8.58. The molecular weight excluding hydrogens is 358 g/mol. The molecule has 0 aliphatic rings. The first-order chi connectivity index (χ1) is 9.48. The Morgan fingerprint density at radius 2 is 1.95 bits per heavy atom. The Hall–Kier alpha value is -0.960. The van der Waals surface area contributed by atoms with E-state index >= 15 is 0 Å². The van der Waals surface area contributed by atoms with E-state index in [4.69, 9.17) is 5.73 Å². The summed E-state index contributed by atoms with van der Waals surface area (Å²) in [4.78, 5) is 11.3. The van der Waals surface area contributed by atoms with Crippen LogP contribution in [-0.2, 0) is 14.8 Å². The minimum absolute atomic E-state index is 0.144. The van der Waals surface area contributed by atoms with E-state index in [0.29, 0.717) is 15.7 Å². The van der Waals surface area contributed by atoms with Gasteiger partial charge in [0.05, 0.1) is 10.6 Å². The first kappa shape index (κ1) is 18.1. The first-order valence-electron chi connectivity index (χ1n) is 6.30. The van der Waals surface area contributed by atoms with Gasteiger partial charge in [0.1, 0.15) is 0 Å². The lowest BCUT2D eigenvalue weighted by atomic mass is 10.1. The zero-order valence-electron chi connectivity index (χ0n) is 12.5. The summed E-state index contributed by atoms with van der Waals surface area (Å²) in [5.41, 5.74) is 5.87. The predicted molar refractivity (Wildman–Crippen MR) is 86.6 cm³/mol. The second-order valence-corrected chi connectivity index (χ2v) is 7.98. The zero-order chi connectivity index (χ0) is 16.4. The maximum Gasteiger partial charge on any atom is 0.241 e. The summed E-state index contributed by atoms with van der Waals surface area (Å²) in [6.45, 7) is 6.65. The van der Waals surface area contributed by atoms with Crippen LogP contribution in [0.2, 0.25) is 0 Å². The van der Waals surface area contributed by atoms with Gasteiger partial charge in [0.15, 0.2) is 0 Å². The summed E-state index contributed by atoms with van der Waals surface area (Å²) in [5.74, 6) is -0.229. The van der Waals surface area contributed by atoms with E-state index < -0.39 is 15.6 Å². The molecule has 4 N–H and O–H groups in total. The minimum atomic E-state index is -3.70. The van der Waals surface area contributed by atoms with Crippen molar-refractivity contribution in [1.29, 1.82) is 0 Å². The van der Waals surface area contributed by atoms with Crippen LogP contribution in [0.5, 0.6) is 0 Å². The third kappa shape index (κ3) is 4.77. The summed E-state index contributed by atoms with van der Waals surface area (Å²) >= 11 is 3.27. The average molecular weight is 378 g/mol. The molecule has 0 unspecified atom stereocenters. The van der Waals surface area contributed by atoms with Crippen LogP contribution in [0.4, 0.5) is 5.69 Å². The summed E-state index contributed by atoms with van der Waals surface area (Å²) in [6.07, 6.45) is 0. The number of amides is 1. The number of hydrogen-bond acceptors (Lipinski definition) is 4. The molecule has 0 saturated heterocycles. The highest BCUT2D eigenvalue weighted by Gasteiger charge is 2.26. The van der Waals surface area contributed by atoms with Crippen LogP contribution in [0.25, 0.3) is 0 Å². The van der Waals surface area contributed by atoms with Crippen LogP contribution in [-0.4, -0.2) is 26.4 Å². The fourth-order valence-corrected chi connectivity index (χ4v) is 3.97. The number of carbonyl (C=O) groups excluding carboxylic acids is 1. The molecule has 0 bridgehead atoms. The molecule has 1 rings (SSSR count). The van der Waals surface area contributed by atoms with Gasteiger partial charge in [-0.2, -0.15) is 0 Å². The summed E-state index contributed by atoms with van der Waals surface area (Å²) in [6, 6.07) is 3.07. The van der Waals surface area contributed by atoms with Crippen molar-refractivity contribution >= 4 is 37.5 Å². The van der Waals surface area contributed by atoms with Gasteiger partial charge >= 0.3 is 0 Å². The van der Waals surface area contributed by atoms with Gasteiger partial charge in [-0.15, -0.1) is 0 Å². The van der Waals surface area contributed by atoms with Gasteiger partial charge in [0, 0.05) is 23.5 Å². The molecule has 1 amide bonds. The third-order valence-electron chi connectivity index (χ3n) is 2.79. The molecule has 0 heterocycles. The summed E-state index contributed by atoms with van der Waals surface area (Å²) in [7, 11) is -3.70. The quantitative estimate of drug-likeness (QED) is 0.726. The molecule has 118 valence electrons. The van der Waals surface area contributed by atoms with Gasteiger partial charge in [-0.25, -0.2) is 13.1 Å². The van der Waals surface area contributed by atoms with Crippen LogP contribution >= 0.6 is 15.9 Å². The highest BCUT2D eigenvalue weighted by molar-refractivity contribution is 9.10. The normalized spacial score (nSPS) is 12.3. The lowest BCUT2D eigenvalue weighted by Crippen LogP contribution is -2.48. The van der Waals surface area contributed by atoms with Crippen molar-refractivity contribution in [3.8, 4) is 0 Å². The molecule has 0 aromatic heterocycles. The Labute approximate surface area is 133 Å². The van der Waals surface area contributed by atoms with Crippen LogP contribution in [0.1, 0.15) is 26.3 Å². The number of nitrogens with one attached hydrogen (secondary N) is 2. The number of benzene rings is 1. The highest BCUT2D eigenvalue weighted by atomic mass is 79.9. The van der Waals surface area contributed by atoms with Gasteiger partial charge in [-0.3, -0.25) is 4.79 Å². The van der Waals surface area contributed by atoms with Gasteiger partial charge < -0.3 is 11.1 Å². The highest BCUT2D eigenvalue weighted by Crippen LogP contribution is 2.29.